The second-order valence-electron chi connectivity index (χ2n) is 6.26. The van der Waals surface area contributed by atoms with Gasteiger partial charge in [-0.25, -0.2) is 12.8 Å². The van der Waals surface area contributed by atoms with E-state index in [-0.39, 0.29) is 22.6 Å². The van der Waals surface area contributed by atoms with Crippen molar-refractivity contribution in [3.63, 3.8) is 0 Å². The van der Waals surface area contributed by atoms with Crippen LogP contribution in [0.2, 0.25) is 0 Å². The van der Waals surface area contributed by atoms with E-state index in [1.54, 1.807) is 31.2 Å². The average molecular weight is 393 g/mol. The Morgan fingerprint density at radius 3 is 2.22 bits per heavy atom. The van der Waals surface area contributed by atoms with E-state index in [0.29, 0.717) is 12.8 Å². The minimum atomic E-state index is -3.27. The zero-order valence-electron chi connectivity index (χ0n) is 15.6. The van der Waals surface area contributed by atoms with Gasteiger partial charge in [0.1, 0.15) is 0 Å². The van der Waals surface area contributed by atoms with Crippen LogP contribution >= 0.6 is 0 Å². The Bertz CT molecular complexity index is 881. The maximum absolute atomic E-state index is 13.8. The maximum atomic E-state index is 13.8. The number of nitrogens with one attached hydrogen (secondary N) is 1. The number of ether oxygens (including phenoxy) is 1. The Morgan fingerprint density at radius 1 is 1.07 bits per heavy atom. The van der Waals surface area contributed by atoms with E-state index in [2.05, 4.69) is 5.32 Å². The zero-order chi connectivity index (χ0) is 20.0. The zero-order valence-corrected chi connectivity index (χ0v) is 16.4. The Balaban J connectivity index is 2.11. The van der Waals surface area contributed by atoms with Gasteiger partial charge in [0.15, 0.2) is 27.5 Å². The first kappa shape index (κ1) is 20.9. The molecule has 5 nitrogen and oxygen atoms in total. The highest BCUT2D eigenvalue weighted by Gasteiger charge is 2.23. The molecule has 0 fully saturated rings. The van der Waals surface area contributed by atoms with Gasteiger partial charge in [-0.2, -0.15) is 0 Å². The van der Waals surface area contributed by atoms with Crippen LogP contribution in [-0.4, -0.2) is 26.7 Å². The monoisotopic (exact) mass is 393 g/mol. The van der Waals surface area contributed by atoms with Gasteiger partial charge in [-0.15, -0.1) is 0 Å². The van der Waals surface area contributed by atoms with Crippen LogP contribution < -0.4 is 10.1 Å². The third-order valence-corrected chi connectivity index (χ3v) is 5.33. The topological polar surface area (TPSA) is 72.5 Å². The molecule has 0 aromatic heterocycles. The lowest BCUT2D eigenvalue weighted by atomic mass is 10.0. The summed E-state index contributed by atoms with van der Waals surface area (Å²) in [4.78, 5) is 12.8. The van der Waals surface area contributed by atoms with Crippen molar-refractivity contribution in [2.45, 2.75) is 43.7 Å². The highest BCUT2D eigenvalue weighted by Crippen LogP contribution is 2.21. The predicted molar refractivity (Wildman–Crippen MR) is 102 cm³/mol. The summed E-state index contributed by atoms with van der Waals surface area (Å²) in [6, 6.07) is 12.1. The predicted octanol–water partition coefficient (Wildman–Crippen LogP) is 3.65. The molecule has 2 atom stereocenters. The van der Waals surface area contributed by atoms with Crippen LogP contribution in [0.5, 0.6) is 5.75 Å². The lowest BCUT2D eigenvalue weighted by molar-refractivity contribution is -0.129. The Kier molecular flexibility index (Phi) is 6.96. The largest absolute Gasteiger partial charge is 0.478 e. The number of carbonyl (C=O) groups excluding carboxylic acids is 1. The van der Waals surface area contributed by atoms with Crippen LogP contribution in [0.25, 0.3) is 0 Å². The standard InChI is InChI=1S/C20H24FNO4S/c1-4-17(14-10-12-15(13-11-14)27(3,24)25)22-20(23)18(5-2)26-19-9-7-6-8-16(19)21/h6-13,17-18H,4-5H2,1-3H3,(H,22,23)/t17-,18+/m0/s1. The molecule has 1 N–H and O–H groups in total. The van der Waals surface area contributed by atoms with E-state index in [1.165, 1.54) is 24.3 Å². The third-order valence-electron chi connectivity index (χ3n) is 4.20. The van der Waals surface area contributed by atoms with Crippen LogP contribution in [0.3, 0.4) is 0 Å². The minimum Gasteiger partial charge on any atom is -0.478 e. The first-order chi connectivity index (χ1) is 12.8. The third kappa shape index (κ3) is 5.53. The molecule has 0 spiro atoms. The number of halogens is 1. The number of para-hydroxylation sites is 1. The van der Waals surface area contributed by atoms with Crippen molar-refractivity contribution in [2.24, 2.45) is 0 Å². The number of benzene rings is 2. The molecule has 7 heteroatoms. The minimum absolute atomic E-state index is 0.0325. The molecule has 0 aliphatic rings. The molecule has 27 heavy (non-hydrogen) atoms. The summed E-state index contributed by atoms with van der Waals surface area (Å²) in [6.45, 7) is 3.70. The fourth-order valence-corrected chi connectivity index (χ4v) is 3.28. The number of rotatable bonds is 8. The van der Waals surface area contributed by atoms with E-state index in [0.717, 1.165) is 11.8 Å². The number of hydrogen-bond acceptors (Lipinski definition) is 4. The van der Waals surface area contributed by atoms with Crippen molar-refractivity contribution < 1.29 is 22.3 Å². The molecule has 0 aliphatic carbocycles. The Hall–Kier alpha value is -2.41. The second-order valence-corrected chi connectivity index (χ2v) is 8.27. The van der Waals surface area contributed by atoms with Crippen molar-refractivity contribution in [3.05, 3.63) is 59.9 Å². The van der Waals surface area contributed by atoms with Crippen LogP contribution in [0.15, 0.2) is 53.4 Å². The van der Waals surface area contributed by atoms with E-state index in [1.807, 2.05) is 6.92 Å². The van der Waals surface area contributed by atoms with E-state index in [9.17, 15) is 17.6 Å². The lowest BCUT2D eigenvalue weighted by Gasteiger charge is -2.22. The van der Waals surface area contributed by atoms with Gasteiger partial charge in [0.05, 0.1) is 10.9 Å². The molecule has 0 heterocycles. The summed E-state index contributed by atoms with van der Waals surface area (Å²) >= 11 is 0. The van der Waals surface area contributed by atoms with Crippen molar-refractivity contribution in [2.75, 3.05) is 6.26 Å². The van der Waals surface area contributed by atoms with Crippen molar-refractivity contribution in [3.8, 4) is 5.75 Å². The summed E-state index contributed by atoms with van der Waals surface area (Å²) in [6.07, 6.45) is 1.31. The van der Waals surface area contributed by atoms with E-state index < -0.39 is 21.8 Å². The van der Waals surface area contributed by atoms with Crippen LogP contribution in [0.1, 0.15) is 38.3 Å². The van der Waals surface area contributed by atoms with Crippen LogP contribution in [-0.2, 0) is 14.6 Å². The molecular formula is C20H24FNO4S. The highest BCUT2D eigenvalue weighted by atomic mass is 32.2. The van der Waals surface area contributed by atoms with Crippen molar-refractivity contribution in [1.82, 2.24) is 5.32 Å². The molecular weight excluding hydrogens is 369 g/mol. The molecule has 146 valence electrons. The van der Waals surface area contributed by atoms with Gasteiger partial charge in [-0.05, 0) is 42.7 Å². The molecule has 2 aromatic rings. The Morgan fingerprint density at radius 2 is 1.70 bits per heavy atom. The van der Waals surface area contributed by atoms with E-state index in [4.69, 9.17) is 4.74 Å². The number of sulfone groups is 1. The van der Waals surface area contributed by atoms with Crippen molar-refractivity contribution in [1.29, 1.82) is 0 Å². The van der Waals surface area contributed by atoms with Gasteiger partial charge in [0.2, 0.25) is 0 Å². The van der Waals surface area contributed by atoms with Gasteiger partial charge in [-0.1, -0.05) is 38.1 Å². The normalized spacial score (nSPS) is 13.6. The summed E-state index contributed by atoms with van der Waals surface area (Å²) in [7, 11) is -3.27. The lowest BCUT2D eigenvalue weighted by Crippen LogP contribution is -2.40. The molecule has 1 amide bonds. The van der Waals surface area contributed by atoms with Gasteiger partial charge < -0.3 is 10.1 Å². The Labute approximate surface area is 159 Å². The molecule has 2 aromatic carbocycles. The van der Waals surface area contributed by atoms with Crippen LogP contribution in [0.4, 0.5) is 4.39 Å². The summed E-state index contributed by atoms with van der Waals surface area (Å²) in [5, 5.41) is 2.90. The highest BCUT2D eigenvalue weighted by molar-refractivity contribution is 7.90. The summed E-state index contributed by atoms with van der Waals surface area (Å²) in [5.74, 6) is -0.836. The summed E-state index contributed by atoms with van der Waals surface area (Å²) in [5.41, 5.74) is 0.791. The smallest absolute Gasteiger partial charge is 0.261 e. The van der Waals surface area contributed by atoms with E-state index >= 15 is 0 Å². The number of amides is 1. The average Bonchev–Trinajstić information content (AvgIpc) is 2.64. The van der Waals surface area contributed by atoms with Gasteiger partial charge in [0, 0.05) is 6.26 Å². The van der Waals surface area contributed by atoms with Gasteiger partial charge >= 0.3 is 0 Å². The quantitative estimate of drug-likeness (QED) is 0.743. The van der Waals surface area contributed by atoms with Gasteiger partial charge in [0.25, 0.3) is 5.91 Å². The molecule has 0 bridgehead atoms. The molecule has 0 saturated heterocycles. The fourth-order valence-electron chi connectivity index (χ4n) is 2.65. The SMILES string of the molecule is CC[C@H](NC(=O)[C@@H](CC)Oc1ccccc1F)c1ccc(S(C)(=O)=O)cc1. The second kappa shape index (κ2) is 8.99. The number of carbonyl (C=O) groups is 1. The molecule has 0 aliphatic heterocycles. The van der Waals surface area contributed by atoms with Crippen LogP contribution in [0, 0.1) is 5.82 Å². The maximum Gasteiger partial charge on any atom is 0.261 e. The van der Waals surface area contributed by atoms with Gasteiger partial charge in [-0.3, -0.25) is 4.79 Å². The first-order valence-electron chi connectivity index (χ1n) is 8.77. The fraction of sp³-hybridized carbons (Fsp3) is 0.350. The molecule has 2 rings (SSSR count). The first-order valence-corrected chi connectivity index (χ1v) is 10.7. The molecule has 0 radical (unpaired) electrons. The number of hydrogen-bond donors (Lipinski definition) is 1. The summed E-state index contributed by atoms with van der Waals surface area (Å²) < 4.78 is 42.5. The molecule has 0 saturated carbocycles. The molecule has 0 unspecified atom stereocenters. The van der Waals surface area contributed by atoms with Crippen molar-refractivity contribution >= 4 is 15.7 Å².